The molecular formula is C24H43NO2. The van der Waals surface area contributed by atoms with Crippen molar-refractivity contribution in [2.24, 2.45) is 0 Å². The first-order chi connectivity index (χ1) is 13.1. The number of amides is 2. The maximum atomic E-state index is 12.1. The molecule has 3 nitrogen and oxygen atoms in total. The summed E-state index contributed by atoms with van der Waals surface area (Å²) in [5.74, 6) is 0.0294. The molecular weight excluding hydrogens is 334 g/mol. The van der Waals surface area contributed by atoms with Gasteiger partial charge in [-0.1, -0.05) is 96.1 Å². The molecule has 156 valence electrons. The summed E-state index contributed by atoms with van der Waals surface area (Å²) >= 11 is 0. The maximum absolute atomic E-state index is 12.1. The van der Waals surface area contributed by atoms with Crippen LogP contribution in [0.3, 0.4) is 0 Å². The van der Waals surface area contributed by atoms with E-state index in [1.807, 2.05) is 0 Å². The highest BCUT2D eigenvalue weighted by Gasteiger charge is 2.34. The number of likely N-dealkylation sites (tertiary alicyclic amines) is 1. The molecule has 1 rings (SSSR count). The van der Waals surface area contributed by atoms with Gasteiger partial charge in [0.05, 0.1) is 6.04 Å². The van der Waals surface area contributed by atoms with Gasteiger partial charge in [0.1, 0.15) is 0 Å². The van der Waals surface area contributed by atoms with Gasteiger partial charge in [0.15, 0.2) is 0 Å². The summed E-state index contributed by atoms with van der Waals surface area (Å²) in [7, 11) is 0. The zero-order valence-electron chi connectivity index (χ0n) is 18.2. The monoisotopic (exact) mass is 377 g/mol. The van der Waals surface area contributed by atoms with E-state index in [4.69, 9.17) is 0 Å². The van der Waals surface area contributed by atoms with Crippen molar-refractivity contribution < 1.29 is 9.59 Å². The largest absolute Gasteiger partial charge is 0.275 e. The standard InChI is InChI=1S/C24H43NO2/c1-4-6-7-8-9-10-11-12-13-14-15-16-18-21(3)22(17-5-2)25-23(26)19-20-24(25)27/h18,22H,4-17,19-20H2,1-3H3. The van der Waals surface area contributed by atoms with E-state index in [1.54, 1.807) is 0 Å². The first-order valence-electron chi connectivity index (χ1n) is 11.6. The van der Waals surface area contributed by atoms with Crippen LogP contribution in [0.15, 0.2) is 11.6 Å². The van der Waals surface area contributed by atoms with Gasteiger partial charge in [-0.2, -0.15) is 0 Å². The number of carbonyl (C=O) groups excluding carboxylic acids is 2. The lowest BCUT2D eigenvalue weighted by atomic mass is 9.99. The van der Waals surface area contributed by atoms with Crippen LogP contribution in [0.25, 0.3) is 0 Å². The zero-order chi connectivity index (χ0) is 19.9. The lowest BCUT2D eigenvalue weighted by Crippen LogP contribution is -2.40. The number of unbranched alkanes of at least 4 members (excludes halogenated alkanes) is 11. The highest BCUT2D eigenvalue weighted by Crippen LogP contribution is 2.24. The van der Waals surface area contributed by atoms with E-state index in [9.17, 15) is 9.59 Å². The third-order valence-electron chi connectivity index (χ3n) is 5.76. The van der Waals surface area contributed by atoms with Crippen LogP contribution in [0.1, 0.15) is 124 Å². The first kappa shape index (κ1) is 23.9. The van der Waals surface area contributed by atoms with E-state index in [-0.39, 0.29) is 17.9 Å². The molecule has 0 aromatic carbocycles. The second-order valence-electron chi connectivity index (χ2n) is 8.23. The van der Waals surface area contributed by atoms with Crippen molar-refractivity contribution in [2.75, 3.05) is 0 Å². The normalized spacial score (nSPS) is 16.4. The highest BCUT2D eigenvalue weighted by molar-refractivity contribution is 6.02. The minimum atomic E-state index is -0.00907. The molecule has 0 radical (unpaired) electrons. The van der Waals surface area contributed by atoms with Crippen LogP contribution >= 0.6 is 0 Å². The van der Waals surface area contributed by atoms with Gasteiger partial charge in [-0.3, -0.25) is 14.5 Å². The molecule has 0 aromatic rings. The fourth-order valence-electron chi connectivity index (χ4n) is 4.05. The van der Waals surface area contributed by atoms with Crippen molar-refractivity contribution in [1.29, 1.82) is 0 Å². The minimum absolute atomic E-state index is 0.00907. The number of allylic oxidation sites excluding steroid dienone is 1. The Morgan fingerprint density at radius 3 is 1.78 bits per heavy atom. The molecule has 3 heteroatoms. The quantitative estimate of drug-likeness (QED) is 0.166. The van der Waals surface area contributed by atoms with Crippen LogP contribution < -0.4 is 0 Å². The molecule has 0 N–H and O–H groups in total. The minimum Gasteiger partial charge on any atom is -0.275 e. The Bertz CT molecular complexity index is 439. The Morgan fingerprint density at radius 2 is 1.30 bits per heavy atom. The Kier molecular flexibility index (Phi) is 13.2. The SMILES string of the molecule is CCCCCCCCCCCCCC=C(C)C(CCC)N1C(=O)CCC1=O. The van der Waals surface area contributed by atoms with Crippen molar-refractivity contribution in [3.05, 3.63) is 11.6 Å². The molecule has 1 atom stereocenters. The van der Waals surface area contributed by atoms with E-state index in [0.717, 1.165) is 19.3 Å². The molecule has 0 spiro atoms. The Hall–Kier alpha value is -1.12. The van der Waals surface area contributed by atoms with E-state index in [1.165, 1.54) is 81.1 Å². The summed E-state index contributed by atoms with van der Waals surface area (Å²) in [5.41, 5.74) is 1.20. The van der Waals surface area contributed by atoms with Gasteiger partial charge < -0.3 is 0 Å². The number of hydrogen-bond donors (Lipinski definition) is 0. The summed E-state index contributed by atoms with van der Waals surface area (Å²) in [5, 5.41) is 0. The lowest BCUT2D eigenvalue weighted by Gasteiger charge is -2.27. The topological polar surface area (TPSA) is 37.4 Å². The smallest absolute Gasteiger partial charge is 0.230 e. The van der Waals surface area contributed by atoms with Gasteiger partial charge in [-0.15, -0.1) is 0 Å². The van der Waals surface area contributed by atoms with E-state index in [2.05, 4.69) is 26.8 Å². The maximum Gasteiger partial charge on any atom is 0.230 e. The van der Waals surface area contributed by atoms with Crippen molar-refractivity contribution in [2.45, 2.75) is 130 Å². The third kappa shape index (κ3) is 9.58. The van der Waals surface area contributed by atoms with Gasteiger partial charge in [0.2, 0.25) is 11.8 Å². The molecule has 27 heavy (non-hydrogen) atoms. The van der Waals surface area contributed by atoms with Gasteiger partial charge in [0, 0.05) is 12.8 Å². The van der Waals surface area contributed by atoms with Crippen LogP contribution in [0.5, 0.6) is 0 Å². The lowest BCUT2D eigenvalue weighted by molar-refractivity contribution is -0.140. The molecule has 2 amide bonds. The van der Waals surface area contributed by atoms with Crippen LogP contribution in [0, 0.1) is 0 Å². The average molecular weight is 378 g/mol. The Labute approximate surface area is 168 Å². The summed E-state index contributed by atoms with van der Waals surface area (Å²) in [6.07, 6.45) is 21.0. The van der Waals surface area contributed by atoms with Crippen molar-refractivity contribution in [1.82, 2.24) is 4.90 Å². The third-order valence-corrected chi connectivity index (χ3v) is 5.76. The molecule has 0 aliphatic carbocycles. The van der Waals surface area contributed by atoms with Crippen LogP contribution in [-0.4, -0.2) is 22.8 Å². The van der Waals surface area contributed by atoms with Crippen molar-refractivity contribution in [3.63, 3.8) is 0 Å². The first-order valence-corrected chi connectivity index (χ1v) is 11.6. The number of rotatable bonds is 16. The van der Waals surface area contributed by atoms with E-state index in [0.29, 0.717) is 12.8 Å². The molecule has 1 saturated heterocycles. The molecule has 1 fully saturated rings. The predicted molar refractivity (Wildman–Crippen MR) is 115 cm³/mol. The van der Waals surface area contributed by atoms with E-state index < -0.39 is 0 Å². The second kappa shape index (κ2) is 14.9. The zero-order valence-corrected chi connectivity index (χ0v) is 18.2. The molecule has 1 aliphatic rings. The van der Waals surface area contributed by atoms with Crippen LogP contribution in [-0.2, 0) is 9.59 Å². The van der Waals surface area contributed by atoms with Crippen molar-refractivity contribution >= 4 is 11.8 Å². The number of hydrogen-bond acceptors (Lipinski definition) is 2. The van der Waals surface area contributed by atoms with Crippen molar-refractivity contribution in [3.8, 4) is 0 Å². The van der Waals surface area contributed by atoms with Gasteiger partial charge >= 0.3 is 0 Å². The van der Waals surface area contributed by atoms with Crippen LogP contribution in [0.4, 0.5) is 0 Å². The van der Waals surface area contributed by atoms with Gasteiger partial charge in [-0.25, -0.2) is 0 Å². The Balaban J connectivity index is 2.17. The Morgan fingerprint density at radius 1 is 0.815 bits per heavy atom. The van der Waals surface area contributed by atoms with E-state index >= 15 is 0 Å². The van der Waals surface area contributed by atoms with Gasteiger partial charge in [-0.05, 0) is 26.2 Å². The predicted octanol–water partition coefficient (Wildman–Crippen LogP) is 6.95. The molecule has 1 aliphatic heterocycles. The average Bonchev–Trinajstić information content (AvgIpc) is 2.99. The molecule has 0 bridgehead atoms. The molecule has 0 saturated carbocycles. The number of carbonyl (C=O) groups is 2. The molecule has 1 unspecified atom stereocenters. The van der Waals surface area contributed by atoms with Crippen LogP contribution in [0.2, 0.25) is 0 Å². The fraction of sp³-hybridized carbons (Fsp3) is 0.833. The summed E-state index contributed by atoms with van der Waals surface area (Å²) in [6.45, 7) is 6.49. The highest BCUT2D eigenvalue weighted by atomic mass is 16.2. The molecule has 0 aromatic heterocycles. The molecule has 1 heterocycles. The number of nitrogens with zero attached hydrogens (tertiary/aromatic N) is 1. The second-order valence-corrected chi connectivity index (χ2v) is 8.23. The number of imide groups is 1. The summed E-state index contributed by atoms with van der Waals surface area (Å²) in [6, 6.07) is -0.00907. The summed E-state index contributed by atoms with van der Waals surface area (Å²) < 4.78 is 0. The summed E-state index contributed by atoms with van der Waals surface area (Å²) in [4.78, 5) is 25.7. The fourth-order valence-corrected chi connectivity index (χ4v) is 4.05. The van der Waals surface area contributed by atoms with Gasteiger partial charge in [0.25, 0.3) is 0 Å².